The average Bonchev–Trinajstić information content (AvgIpc) is 2.65. The molecule has 0 aliphatic rings. The SMILES string of the molecule is [N-]=[N+]=NCCC=Cc1nc(C(F)(F)F)cs1. The summed E-state index contributed by atoms with van der Waals surface area (Å²) in [5, 5.41) is 4.53. The van der Waals surface area contributed by atoms with Gasteiger partial charge in [-0.1, -0.05) is 11.2 Å². The van der Waals surface area contributed by atoms with Crippen molar-refractivity contribution >= 4 is 17.4 Å². The van der Waals surface area contributed by atoms with Gasteiger partial charge in [-0.25, -0.2) is 4.98 Å². The fourth-order valence-electron chi connectivity index (χ4n) is 0.856. The van der Waals surface area contributed by atoms with E-state index < -0.39 is 11.9 Å². The van der Waals surface area contributed by atoms with Gasteiger partial charge in [0.1, 0.15) is 5.01 Å². The summed E-state index contributed by atoms with van der Waals surface area (Å²) in [7, 11) is 0. The van der Waals surface area contributed by atoms with E-state index in [1.54, 1.807) is 6.08 Å². The van der Waals surface area contributed by atoms with Crippen LogP contribution in [0.2, 0.25) is 0 Å². The lowest BCUT2D eigenvalue weighted by molar-refractivity contribution is -0.140. The first-order valence-electron chi connectivity index (χ1n) is 4.24. The van der Waals surface area contributed by atoms with Gasteiger partial charge in [-0.3, -0.25) is 0 Å². The average molecular weight is 248 g/mol. The van der Waals surface area contributed by atoms with Gasteiger partial charge in [0.15, 0.2) is 5.69 Å². The van der Waals surface area contributed by atoms with Crippen LogP contribution >= 0.6 is 11.3 Å². The third kappa shape index (κ3) is 3.92. The van der Waals surface area contributed by atoms with E-state index in [1.807, 2.05) is 0 Å². The fourth-order valence-corrected chi connectivity index (χ4v) is 1.60. The van der Waals surface area contributed by atoms with Crippen molar-refractivity contribution in [3.8, 4) is 0 Å². The van der Waals surface area contributed by atoms with Gasteiger partial charge in [0.05, 0.1) is 0 Å². The third-order valence-corrected chi connectivity index (χ3v) is 2.34. The van der Waals surface area contributed by atoms with Gasteiger partial charge >= 0.3 is 6.18 Å². The van der Waals surface area contributed by atoms with Crippen LogP contribution < -0.4 is 0 Å². The topological polar surface area (TPSA) is 61.7 Å². The van der Waals surface area contributed by atoms with Crippen LogP contribution in [0.5, 0.6) is 0 Å². The number of alkyl halides is 3. The highest BCUT2D eigenvalue weighted by Crippen LogP contribution is 2.30. The van der Waals surface area contributed by atoms with Crippen LogP contribution in [0.15, 0.2) is 16.6 Å². The quantitative estimate of drug-likeness (QED) is 0.345. The zero-order valence-electron chi connectivity index (χ0n) is 7.98. The van der Waals surface area contributed by atoms with Crippen molar-refractivity contribution in [1.29, 1.82) is 0 Å². The molecule has 0 unspecified atom stereocenters. The van der Waals surface area contributed by atoms with Crippen molar-refractivity contribution < 1.29 is 13.2 Å². The second-order valence-corrected chi connectivity index (χ2v) is 3.60. The molecule has 0 aliphatic heterocycles. The maximum Gasteiger partial charge on any atom is 0.434 e. The number of nitrogens with zero attached hydrogens (tertiary/aromatic N) is 4. The molecule has 1 rings (SSSR count). The molecule has 1 aromatic rings. The molecule has 0 saturated carbocycles. The Balaban J connectivity index is 2.55. The number of hydrogen-bond acceptors (Lipinski definition) is 3. The van der Waals surface area contributed by atoms with E-state index in [-0.39, 0.29) is 11.6 Å². The van der Waals surface area contributed by atoms with E-state index in [4.69, 9.17) is 5.53 Å². The number of halogens is 3. The molecule has 0 N–H and O–H groups in total. The van der Waals surface area contributed by atoms with Gasteiger partial charge in [0.2, 0.25) is 0 Å². The van der Waals surface area contributed by atoms with Crippen molar-refractivity contribution in [2.45, 2.75) is 12.6 Å². The van der Waals surface area contributed by atoms with E-state index >= 15 is 0 Å². The van der Waals surface area contributed by atoms with Crippen LogP contribution in [0.3, 0.4) is 0 Å². The zero-order chi connectivity index (χ0) is 12.0. The van der Waals surface area contributed by atoms with E-state index in [2.05, 4.69) is 15.0 Å². The summed E-state index contributed by atoms with van der Waals surface area (Å²) in [5.74, 6) is 0. The minimum atomic E-state index is -4.40. The highest BCUT2D eigenvalue weighted by atomic mass is 32.1. The van der Waals surface area contributed by atoms with Crippen LogP contribution in [0.4, 0.5) is 13.2 Å². The largest absolute Gasteiger partial charge is 0.434 e. The normalized spacial score (nSPS) is 11.7. The summed E-state index contributed by atoms with van der Waals surface area (Å²) in [6.07, 6.45) is -0.820. The minimum absolute atomic E-state index is 0.282. The summed E-state index contributed by atoms with van der Waals surface area (Å²) in [5.41, 5.74) is 7.09. The summed E-state index contributed by atoms with van der Waals surface area (Å²) in [6.45, 7) is 0.282. The molecule has 0 aliphatic carbocycles. The molecule has 86 valence electrons. The first kappa shape index (κ1) is 12.5. The van der Waals surface area contributed by atoms with Gasteiger partial charge in [-0.05, 0) is 18.0 Å². The lowest BCUT2D eigenvalue weighted by atomic mass is 10.4. The van der Waals surface area contributed by atoms with Gasteiger partial charge in [-0.15, -0.1) is 11.3 Å². The summed E-state index contributed by atoms with van der Waals surface area (Å²) >= 11 is 0.919. The van der Waals surface area contributed by atoms with Crippen molar-refractivity contribution in [2.75, 3.05) is 6.54 Å². The van der Waals surface area contributed by atoms with Crippen molar-refractivity contribution in [3.63, 3.8) is 0 Å². The Bertz CT molecular complexity index is 417. The second kappa shape index (κ2) is 5.53. The predicted molar refractivity (Wildman–Crippen MR) is 54.8 cm³/mol. The van der Waals surface area contributed by atoms with Crippen molar-refractivity contribution in [1.82, 2.24) is 4.98 Å². The van der Waals surface area contributed by atoms with Gasteiger partial charge in [0, 0.05) is 16.8 Å². The first-order valence-corrected chi connectivity index (χ1v) is 5.12. The molecule has 0 spiro atoms. The molecule has 8 heteroatoms. The van der Waals surface area contributed by atoms with Crippen LogP contribution in [0.25, 0.3) is 16.5 Å². The number of azide groups is 1. The molecule has 0 fully saturated rings. The van der Waals surface area contributed by atoms with Crippen LogP contribution in [-0.2, 0) is 6.18 Å². The molecule has 0 atom stereocenters. The first-order chi connectivity index (χ1) is 7.54. The monoisotopic (exact) mass is 248 g/mol. The molecule has 0 radical (unpaired) electrons. The molecule has 0 amide bonds. The maximum atomic E-state index is 12.2. The molecular formula is C8H7F3N4S. The molecule has 0 aromatic carbocycles. The van der Waals surface area contributed by atoms with E-state index in [0.717, 1.165) is 16.7 Å². The van der Waals surface area contributed by atoms with Gasteiger partial charge < -0.3 is 0 Å². The van der Waals surface area contributed by atoms with Gasteiger partial charge in [-0.2, -0.15) is 13.2 Å². The second-order valence-electron chi connectivity index (χ2n) is 2.71. The molecule has 4 nitrogen and oxygen atoms in total. The predicted octanol–water partition coefficient (Wildman–Crippen LogP) is 3.88. The van der Waals surface area contributed by atoms with E-state index in [9.17, 15) is 13.2 Å². The Hall–Kier alpha value is -1.53. The number of rotatable bonds is 4. The third-order valence-electron chi connectivity index (χ3n) is 1.53. The number of thiazole rings is 1. The maximum absolute atomic E-state index is 12.2. The standard InChI is InChI=1S/C8H7F3N4S/c9-8(10,11)6-5-16-7(14-6)3-1-2-4-13-15-12/h1,3,5H,2,4H2. The summed E-state index contributed by atoms with van der Waals surface area (Å²) < 4.78 is 36.5. The highest BCUT2D eigenvalue weighted by Gasteiger charge is 2.33. The van der Waals surface area contributed by atoms with Crippen molar-refractivity contribution in [2.24, 2.45) is 5.11 Å². The van der Waals surface area contributed by atoms with Crippen LogP contribution in [0.1, 0.15) is 17.1 Å². The van der Waals surface area contributed by atoms with Crippen LogP contribution in [0, 0.1) is 0 Å². The minimum Gasteiger partial charge on any atom is -0.232 e. The molecule has 1 heterocycles. The zero-order valence-corrected chi connectivity index (χ0v) is 8.79. The lowest BCUT2D eigenvalue weighted by Gasteiger charge is -1.99. The number of hydrogen-bond donors (Lipinski definition) is 0. The van der Waals surface area contributed by atoms with Crippen LogP contribution in [-0.4, -0.2) is 11.5 Å². The molecule has 16 heavy (non-hydrogen) atoms. The van der Waals surface area contributed by atoms with Gasteiger partial charge in [0.25, 0.3) is 0 Å². The van der Waals surface area contributed by atoms with E-state index in [1.165, 1.54) is 6.08 Å². The Morgan fingerprint density at radius 1 is 1.56 bits per heavy atom. The molecule has 0 saturated heterocycles. The highest BCUT2D eigenvalue weighted by molar-refractivity contribution is 7.10. The fraction of sp³-hybridized carbons (Fsp3) is 0.375. The van der Waals surface area contributed by atoms with Crippen molar-refractivity contribution in [3.05, 3.63) is 32.6 Å². The summed E-state index contributed by atoms with van der Waals surface area (Å²) in [6, 6.07) is 0. The van der Waals surface area contributed by atoms with E-state index in [0.29, 0.717) is 6.42 Å². The Morgan fingerprint density at radius 3 is 2.88 bits per heavy atom. The Morgan fingerprint density at radius 2 is 2.31 bits per heavy atom. The summed E-state index contributed by atoms with van der Waals surface area (Å²) in [4.78, 5) is 5.95. The smallest absolute Gasteiger partial charge is 0.232 e. The molecular weight excluding hydrogens is 241 g/mol. The Labute approximate surface area is 93.1 Å². The molecule has 0 bridgehead atoms. The Kier molecular flexibility index (Phi) is 4.33. The number of aromatic nitrogens is 1. The lowest BCUT2D eigenvalue weighted by Crippen LogP contribution is -2.04. The molecule has 1 aromatic heterocycles.